The van der Waals surface area contributed by atoms with Crippen LogP contribution in [0.4, 0.5) is 0 Å². The molecule has 0 fully saturated rings. The Balaban J connectivity index is 1.91. The lowest BCUT2D eigenvalue weighted by Gasteiger charge is -2.26. The smallest absolute Gasteiger partial charge is 0.338 e. The average Bonchev–Trinajstić information content (AvgIpc) is 3.20. The monoisotopic (exact) mass is 536 g/mol. The highest BCUT2D eigenvalue weighted by Crippen LogP contribution is 2.38. The summed E-state index contributed by atoms with van der Waals surface area (Å²) in [5, 5.41) is 0. The maximum absolute atomic E-state index is 13.9. The predicted molar refractivity (Wildman–Crippen MR) is 147 cm³/mol. The van der Waals surface area contributed by atoms with E-state index in [1.165, 1.54) is 15.9 Å². The number of thiazole rings is 1. The Kier molecular flexibility index (Phi) is 8.36. The molecule has 0 saturated heterocycles. The van der Waals surface area contributed by atoms with Gasteiger partial charge in [0, 0.05) is 5.56 Å². The minimum Gasteiger partial charge on any atom is -0.497 e. The molecule has 4 rings (SSSR count). The number of allylic oxidation sites excluding steroid dienone is 1. The van der Waals surface area contributed by atoms with Crippen LogP contribution in [0.25, 0.3) is 6.08 Å². The molecular weight excluding hydrogens is 504 g/mol. The predicted octanol–water partition coefficient (Wildman–Crippen LogP) is 3.99. The van der Waals surface area contributed by atoms with Crippen LogP contribution in [0.5, 0.6) is 17.2 Å². The van der Waals surface area contributed by atoms with Gasteiger partial charge in [-0.15, -0.1) is 0 Å². The van der Waals surface area contributed by atoms with Crippen LogP contribution in [-0.2, 0) is 9.53 Å². The highest BCUT2D eigenvalue weighted by molar-refractivity contribution is 7.07. The van der Waals surface area contributed by atoms with Crippen molar-refractivity contribution in [3.8, 4) is 17.2 Å². The number of fused-ring (bicyclic) bond motifs is 1. The van der Waals surface area contributed by atoms with Gasteiger partial charge in [0.15, 0.2) is 4.80 Å². The van der Waals surface area contributed by atoms with Crippen molar-refractivity contribution in [3.63, 3.8) is 0 Å². The molecule has 0 amide bonds. The fourth-order valence-electron chi connectivity index (χ4n) is 4.24. The third-order valence-corrected chi connectivity index (χ3v) is 6.95. The summed E-state index contributed by atoms with van der Waals surface area (Å²) in [6, 6.07) is 12.1. The summed E-state index contributed by atoms with van der Waals surface area (Å²) in [5.41, 5.74) is 1.95. The number of hydrogen-bond acceptors (Lipinski definition) is 8. The lowest BCUT2D eigenvalue weighted by atomic mass is 9.94. The number of esters is 1. The molecule has 0 spiro atoms. The number of nitrogens with zero attached hydrogens (tertiary/aromatic N) is 2. The number of carbonyl (C=O) groups is 1. The van der Waals surface area contributed by atoms with Gasteiger partial charge >= 0.3 is 5.97 Å². The van der Waals surface area contributed by atoms with E-state index in [0.29, 0.717) is 38.7 Å². The zero-order valence-corrected chi connectivity index (χ0v) is 23.3. The first-order valence-corrected chi connectivity index (χ1v) is 13.3. The Morgan fingerprint density at radius 3 is 2.45 bits per heavy atom. The number of methoxy groups -OCH3 is 2. The second-order valence-corrected chi connectivity index (χ2v) is 10.1. The van der Waals surface area contributed by atoms with Gasteiger partial charge in [-0.1, -0.05) is 30.4 Å². The van der Waals surface area contributed by atoms with Gasteiger partial charge in [-0.3, -0.25) is 9.36 Å². The first kappa shape index (κ1) is 27.2. The van der Waals surface area contributed by atoms with E-state index in [-0.39, 0.29) is 17.2 Å². The first-order chi connectivity index (χ1) is 18.3. The Bertz CT molecular complexity index is 1530. The fourth-order valence-corrected chi connectivity index (χ4v) is 5.29. The van der Waals surface area contributed by atoms with Gasteiger partial charge in [0.05, 0.1) is 42.7 Å². The van der Waals surface area contributed by atoms with Crippen molar-refractivity contribution in [2.24, 2.45) is 4.99 Å². The SMILES string of the molecule is CCCOc1ccc(/C=c2/sc3n(c2=O)[C@@H](c2cc(OC)ccc2OC)C(C(=O)OC(C)C)=C(C)N=3)cc1. The van der Waals surface area contributed by atoms with E-state index in [2.05, 4.69) is 11.9 Å². The van der Waals surface area contributed by atoms with Crippen LogP contribution in [0.1, 0.15) is 51.3 Å². The van der Waals surface area contributed by atoms with Crippen molar-refractivity contribution in [1.29, 1.82) is 0 Å². The van der Waals surface area contributed by atoms with E-state index in [9.17, 15) is 9.59 Å². The summed E-state index contributed by atoms with van der Waals surface area (Å²) in [5.74, 6) is 1.32. The topological polar surface area (TPSA) is 88.3 Å². The molecule has 0 unspecified atom stereocenters. The number of aromatic nitrogens is 1. The van der Waals surface area contributed by atoms with Crippen LogP contribution >= 0.6 is 11.3 Å². The standard InChI is InChI=1S/C29H32N2O6S/c1-7-14-36-20-10-8-19(9-11-20)15-24-27(32)31-26(22-16-21(34-5)12-13-23(22)35-6)25(28(33)37-17(2)3)18(4)30-29(31)38-24/h8-13,15-17,26H,7,14H2,1-6H3/b24-15+/t26-/m0/s1. The van der Waals surface area contributed by atoms with E-state index in [4.69, 9.17) is 18.9 Å². The summed E-state index contributed by atoms with van der Waals surface area (Å²) < 4.78 is 24.4. The normalized spacial score (nSPS) is 15.2. The first-order valence-electron chi connectivity index (χ1n) is 12.5. The molecule has 2 heterocycles. The Labute approximate surface area is 225 Å². The van der Waals surface area contributed by atoms with Crippen LogP contribution in [0.15, 0.2) is 63.5 Å². The van der Waals surface area contributed by atoms with Crippen molar-refractivity contribution in [2.75, 3.05) is 20.8 Å². The molecule has 1 aliphatic rings. The van der Waals surface area contributed by atoms with Crippen molar-refractivity contribution in [3.05, 3.63) is 84.5 Å². The Morgan fingerprint density at radius 1 is 1.11 bits per heavy atom. The van der Waals surface area contributed by atoms with Crippen LogP contribution < -0.4 is 29.1 Å². The van der Waals surface area contributed by atoms with E-state index in [1.54, 1.807) is 53.2 Å². The fraction of sp³-hybridized carbons (Fsp3) is 0.345. The van der Waals surface area contributed by atoms with Gasteiger partial charge < -0.3 is 18.9 Å². The molecule has 9 heteroatoms. The van der Waals surface area contributed by atoms with E-state index >= 15 is 0 Å². The Morgan fingerprint density at radius 2 is 1.82 bits per heavy atom. The van der Waals surface area contributed by atoms with Gasteiger partial charge in [-0.25, -0.2) is 9.79 Å². The quantitative estimate of drug-likeness (QED) is 0.384. The third-order valence-electron chi connectivity index (χ3n) is 5.97. The van der Waals surface area contributed by atoms with Gasteiger partial charge in [0.2, 0.25) is 0 Å². The second-order valence-electron chi connectivity index (χ2n) is 9.06. The summed E-state index contributed by atoms with van der Waals surface area (Å²) >= 11 is 1.27. The van der Waals surface area contributed by atoms with Crippen LogP contribution in [0, 0.1) is 0 Å². The third kappa shape index (κ3) is 5.52. The lowest BCUT2D eigenvalue weighted by Crippen LogP contribution is -2.40. The number of ether oxygens (including phenoxy) is 4. The highest BCUT2D eigenvalue weighted by atomic mass is 32.1. The zero-order valence-electron chi connectivity index (χ0n) is 22.4. The molecule has 8 nitrogen and oxygen atoms in total. The number of carbonyl (C=O) groups excluding carboxylic acids is 1. The summed E-state index contributed by atoms with van der Waals surface area (Å²) in [7, 11) is 3.11. The molecule has 38 heavy (non-hydrogen) atoms. The largest absolute Gasteiger partial charge is 0.497 e. The van der Waals surface area contributed by atoms with E-state index in [1.807, 2.05) is 30.3 Å². The van der Waals surface area contributed by atoms with Gasteiger partial charge in [-0.05, 0) is 69.2 Å². The van der Waals surface area contributed by atoms with Crippen molar-refractivity contribution in [1.82, 2.24) is 4.57 Å². The van der Waals surface area contributed by atoms with Crippen LogP contribution in [0.2, 0.25) is 0 Å². The van der Waals surface area contributed by atoms with E-state index < -0.39 is 12.0 Å². The zero-order chi connectivity index (χ0) is 27.4. The number of benzene rings is 2. The van der Waals surface area contributed by atoms with Gasteiger partial charge in [-0.2, -0.15) is 0 Å². The molecule has 0 bridgehead atoms. The van der Waals surface area contributed by atoms with Crippen LogP contribution in [-0.4, -0.2) is 37.5 Å². The molecule has 2 aromatic carbocycles. The molecular formula is C29H32N2O6S. The average molecular weight is 537 g/mol. The minimum atomic E-state index is -0.811. The highest BCUT2D eigenvalue weighted by Gasteiger charge is 2.35. The van der Waals surface area contributed by atoms with Crippen molar-refractivity contribution >= 4 is 23.4 Å². The molecule has 3 aromatic rings. The number of hydrogen-bond donors (Lipinski definition) is 0. The van der Waals surface area contributed by atoms with Crippen LogP contribution in [0.3, 0.4) is 0 Å². The molecule has 1 aromatic heterocycles. The molecule has 1 atom stereocenters. The van der Waals surface area contributed by atoms with E-state index in [0.717, 1.165) is 17.7 Å². The van der Waals surface area contributed by atoms with Gasteiger partial charge in [0.1, 0.15) is 23.3 Å². The number of rotatable bonds is 9. The molecule has 0 N–H and O–H groups in total. The summed E-state index contributed by atoms with van der Waals surface area (Å²) in [6.07, 6.45) is 2.40. The molecule has 0 aliphatic carbocycles. The lowest BCUT2D eigenvalue weighted by molar-refractivity contribution is -0.143. The molecule has 0 radical (unpaired) electrons. The van der Waals surface area contributed by atoms with Crippen molar-refractivity contribution in [2.45, 2.75) is 46.3 Å². The molecule has 1 aliphatic heterocycles. The summed E-state index contributed by atoms with van der Waals surface area (Å²) in [6.45, 7) is 8.01. The Hall–Kier alpha value is -3.85. The second kappa shape index (κ2) is 11.7. The summed E-state index contributed by atoms with van der Waals surface area (Å²) in [4.78, 5) is 32.3. The molecule has 0 saturated carbocycles. The molecule has 200 valence electrons. The van der Waals surface area contributed by atoms with Crippen molar-refractivity contribution < 1.29 is 23.7 Å². The van der Waals surface area contributed by atoms with Gasteiger partial charge in [0.25, 0.3) is 5.56 Å². The maximum Gasteiger partial charge on any atom is 0.338 e. The maximum atomic E-state index is 13.9. The minimum absolute atomic E-state index is 0.266.